The third kappa shape index (κ3) is 5.05. The molecule has 2 heterocycles. The molecule has 10 heteroatoms. The molecular formula is C22H26N6O3S. The molecular weight excluding hydrogens is 428 g/mol. The van der Waals surface area contributed by atoms with Gasteiger partial charge in [0, 0.05) is 56.6 Å². The van der Waals surface area contributed by atoms with Crippen LogP contribution < -0.4 is 15.1 Å². The van der Waals surface area contributed by atoms with E-state index in [1.807, 2.05) is 47.4 Å². The predicted molar refractivity (Wildman–Crippen MR) is 125 cm³/mol. The molecule has 3 N–H and O–H groups in total. The highest BCUT2D eigenvalue weighted by atomic mass is 32.2. The lowest BCUT2D eigenvalue weighted by molar-refractivity contribution is 0.0705. The first-order valence-electron chi connectivity index (χ1n) is 10.3. The van der Waals surface area contributed by atoms with E-state index < -0.39 is 15.6 Å². The molecule has 1 amide bonds. The van der Waals surface area contributed by atoms with E-state index in [-0.39, 0.29) is 5.56 Å². The van der Waals surface area contributed by atoms with E-state index in [1.54, 1.807) is 5.48 Å². The number of aromatic nitrogens is 2. The van der Waals surface area contributed by atoms with Crippen molar-refractivity contribution in [3.8, 4) is 0 Å². The van der Waals surface area contributed by atoms with Gasteiger partial charge in [-0.1, -0.05) is 30.3 Å². The van der Waals surface area contributed by atoms with Crippen LogP contribution in [0.4, 0.5) is 5.95 Å². The Hall–Kier alpha value is -3.05. The number of piperazine rings is 1. The summed E-state index contributed by atoms with van der Waals surface area (Å²) in [6.07, 6.45) is 2.78. The van der Waals surface area contributed by atoms with Gasteiger partial charge in [-0.3, -0.25) is 14.9 Å². The molecule has 0 spiro atoms. The zero-order valence-corrected chi connectivity index (χ0v) is 18.4. The van der Waals surface area contributed by atoms with Gasteiger partial charge in [-0.25, -0.2) is 24.4 Å². The van der Waals surface area contributed by atoms with E-state index >= 15 is 0 Å². The van der Waals surface area contributed by atoms with Crippen molar-refractivity contribution >= 4 is 38.2 Å². The molecule has 1 saturated heterocycles. The molecule has 9 nitrogen and oxygen atoms in total. The fourth-order valence-corrected chi connectivity index (χ4v) is 4.86. The number of rotatable bonds is 7. The molecule has 0 aliphatic carbocycles. The van der Waals surface area contributed by atoms with E-state index in [9.17, 15) is 9.00 Å². The van der Waals surface area contributed by atoms with Crippen LogP contribution in [-0.2, 0) is 9.71 Å². The highest BCUT2D eigenvalue weighted by molar-refractivity contribution is 7.98. The zero-order chi connectivity index (χ0) is 22.6. The van der Waals surface area contributed by atoms with E-state index in [1.165, 1.54) is 12.4 Å². The number of anilines is 1. The lowest BCUT2D eigenvalue weighted by Gasteiger charge is -2.34. The van der Waals surface area contributed by atoms with Crippen molar-refractivity contribution in [1.82, 2.24) is 25.1 Å². The number of benzene rings is 2. The number of amides is 1. The first-order chi connectivity index (χ1) is 15.5. The van der Waals surface area contributed by atoms with Crippen LogP contribution in [0.5, 0.6) is 0 Å². The second-order valence-corrected chi connectivity index (χ2v) is 9.73. The largest absolute Gasteiger partial charge is 0.338 e. The first-order valence-corrected chi connectivity index (χ1v) is 12.0. The van der Waals surface area contributed by atoms with Crippen LogP contribution in [0, 0.1) is 0 Å². The Morgan fingerprint density at radius 3 is 2.44 bits per heavy atom. The van der Waals surface area contributed by atoms with Gasteiger partial charge in [-0.05, 0) is 28.8 Å². The van der Waals surface area contributed by atoms with E-state index in [0.717, 1.165) is 43.5 Å². The summed E-state index contributed by atoms with van der Waals surface area (Å²) in [5, 5.41) is 10.8. The Bertz CT molecular complexity index is 1190. The van der Waals surface area contributed by atoms with Gasteiger partial charge in [0.15, 0.2) is 0 Å². The topological polar surface area (TPSA) is 111 Å². The van der Waals surface area contributed by atoms with Crippen molar-refractivity contribution in [3.63, 3.8) is 0 Å². The van der Waals surface area contributed by atoms with Crippen molar-refractivity contribution in [2.45, 2.75) is 4.90 Å². The maximum atomic E-state index is 13.1. The third-order valence-corrected chi connectivity index (χ3v) is 7.21. The standard InChI is InChI=1S/C22H26N6O3S/c1-32(31,20-7-6-17-4-2-3-5-18(17)14-20)25-8-9-27-10-12-28(13-11-27)22-23-15-19(16-24-22)21(29)26-30/h2-7,14-16,30H,1,8-13H2,(H,25,31)(H,26,29). The summed E-state index contributed by atoms with van der Waals surface area (Å²) >= 11 is 0. The number of carbonyl (C=O) groups excluding carboxylic acids is 1. The Kier molecular flexibility index (Phi) is 6.66. The van der Waals surface area contributed by atoms with Gasteiger partial charge in [-0.2, -0.15) is 0 Å². The van der Waals surface area contributed by atoms with Crippen LogP contribution in [0.2, 0.25) is 0 Å². The van der Waals surface area contributed by atoms with Crippen LogP contribution in [0.15, 0.2) is 59.8 Å². The molecule has 0 bridgehead atoms. The number of hydrogen-bond acceptors (Lipinski definition) is 7. The van der Waals surface area contributed by atoms with Crippen LogP contribution in [0.3, 0.4) is 0 Å². The van der Waals surface area contributed by atoms with Crippen molar-refractivity contribution in [2.24, 2.45) is 0 Å². The molecule has 3 aromatic rings. The summed E-state index contributed by atoms with van der Waals surface area (Å²) in [6.45, 7) is 4.45. The van der Waals surface area contributed by atoms with Gasteiger partial charge in [0.2, 0.25) is 5.95 Å². The maximum Gasteiger partial charge on any atom is 0.277 e. The molecule has 2 aromatic carbocycles. The summed E-state index contributed by atoms with van der Waals surface area (Å²) < 4.78 is 16.2. The minimum Gasteiger partial charge on any atom is -0.338 e. The van der Waals surface area contributed by atoms with Crippen LogP contribution in [0.1, 0.15) is 10.4 Å². The lowest BCUT2D eigenvalue weighted by atomic mass is 10.1. The first kappa shape index (κ1) is 22.2. The average Bonchev–Trinajstić information content (AvgIpc) is 2.83. The quantitative estimate of drug-likeness (QED) is 0.279. The minimum atomic E-state index is -2.58. The van der Waals surface area contributed by atoms with E-state index in [4.69, 9.17) is 5.21 Å². The second kappa shape index (κ2) is 9.61. The van der Waals surface area contributed by atoms with Gasteiger partial charge < -0.3 is 4.90 Å². The summed E-state index contributed by atoms with van der Waals surface area (Å²) in [5.74, 6) is 3.85. The summed E-state index contributed by atoms with van der Waals surface area (Å²) in [4.78, 5) is 24.8. The van der Waals surface area contributed by atoms with Crippen LogP contribution in [0.25, 0.3) is 10.8 Å². The van der Waals surface area contributed by atoms with Crippen LogP contribution >= 0.6 is 0 Å². The van der Waals surface area contributed by atoms with Gasteiger partial charge in [-0.15, -0.1) is 0 Å². The minimum absolute atomic E-state index is 0.198. The SMILES string of the molecule is C=S(=O)(NCCN1CCN(c2ncc(C(=O)NO)cn2)CC1)c1ccc2ccccc2c1. The predicted octanol–water partition coefficient (Wildman–Crippen LogP) is 1.15. The van der Waals surface area contributed by atoms with E-state index in [0.29, 0.717) is 17.4 Å². The molecule has 0 radical (unpaired) electrons. The monoisotopic (exact) mass is 454 g/mol. The third-order valence-electron chi connectivity index (χ3n) is 5.52. The molecule has 4 rings (SSSR count). The molecule has 1 fully saturated rings. The van der Waals surface area contributed by atoms with Gasteiger partial charge in [0.1, 0.15) is 0 Å². The van der Waals surface area contributed by atoms with E-state index in [2.05, 4.69) is 25.5 Å². The molecule has 168 valence electrons. The number of hydrogen-bond donors (Lipinski definition) is 3. The zero-order valence-electron chi connectivity index (χ0n) is 17.6. The van der Waals surface area contributed by atoms with Crippen molar-refractivity contribution in [2.75, 3.05) is 44.2 Å². The molecule has 1 aliphatic rings. The van der Waals surface area contributed by atoms with Gasteiger partial charge >= 0.3 is 0 Å². The highest BCUT2D eigenvalue weighted by Crippen LogP contribution is 2.19. The Labute approximate surface area is 187 Å². The Morgan fingerprint density at radius 1 is 1.06 bits per heavy atom. The summed E-state index contributed by atoms with van der Waals surface area (Å²) in [6, 6.07) is 13.8. The smallest absolute Gasteiger partial charge is 0.277 e. The van der Waals surface area contributed by atoms with Crippen LogP contribution in [-0.4, -0.2) is 75.3 Å². The highest BCUT2D eigenvalue weighted by Gasteiger charge is 2.19. The Morgan fingerprint density at radius 2 is 1.75 bits per heavy atom. The normalized spacial score (nSPS) is 16.6. The molecule has 1 unspecified atom stereocenters. The Balaban J connectivity index is 1.27. The molecule has 1 aliphatic heterocycles. The summed E-state index contributed by atoms with van der Waals surface area (Å²) in [5.41, 5.74) is 1.76. The number of hydroxylamine groups is 1. The number of nitrogens with zero attached hydrogens (tertiary/aromatic N) is 4. The van der Waals surface area contributed by atoms with Gasteiger partial charge in [0.25, 0.3) is 5.91 Å². The number of carbonyl (C=O) groups is 1. The number of nitrogens with one attached hydrogen (secondary N) is 2. The van der Waals surface area contributed by atoms with Crippen molar-refractivity contribution < 1.29 is 14.2 Å². The molecule has 0 saturated carbocycles. The fourth-order valence-electron chi connectivity index (χ4n) is 3.66. The molecule has 1 aromatic heterocycles. The van der Waals surface area contributed by atoms with Gasteiger partial charge in [0.05, 0.1) is 15.3 Å². The maximum absolute atomic E-state index is 13.1. The summed E-state index contributed by atoms with van der Waals surface area (Å²) in [7, 11) is -2.58. The second-order valence-electron chi connectivity index (χ2n) is 7.62. The molecule has 1 atom stereocenters. The lowest BCUT2D eigenvalue weighted by Crippen LogP contribution is -2.49. The average molecular weight is 455 g/mol. The van der Waals surface area contributed by atoms with Crippen molar-refractivity contribution in [3.05, 3.63) is 60.4 Å². The van der Waals surface area contributed by atoms with Crippen molar-refractivity contribution in [1.29, 1.82) is 0 Å². The number of fused-ring (bicyclic) bond motifs is 1. The fraction of sp³-hybridized carbons (Fsp3) is 0.273. The molecule has 32 heavy (non-hydrogen) atoms.